The number of anilines is 1. The minimum atomic E-state index is 0.493. The number of pyridine rings is 1. The zero-order chi connectivity index (χ0) is 15.4. The number of hydrogen-bond acceptors (Lipinski definition) is 3. The Bertz CT molecular complexity index is 609. The lowest BCUT2D eigenvalue weighted by molar-refractivity contribution is 0.139. The summed E-state index contributed by atoms with van der Waals surface area (Å²) in [5.41, 5.74) is 4.12. The molecule has 2 heterocycles. The van der Waals surface area contributed by atoms with Gasteiger partial charge in [0, 0.05) is 25.8 Å². The van der Waals surface area contributed by atoms with E-state index in [0.29, 0.717) is 6.04 Å². The van der Waals surface area contributed by atoms with E-state index in [9.17, 15) is 0 Å². The van der Waals surface area contributed by atoms with Crippen LogP contribution in [0.25, 0.3) is 0 Å². The number of rotatable bonds is 4. The topological polar surface area (TPSA) is 28.2 Å². The molecule has 1 aliphatic rings. The highest BCUT2D eigenvalue weighted by Crippen LogP contribution is 2.34. The van der Waals surface area contributed by atoms with E-state index in [1.165, 1.54) is 42.5 Å². The molecule has 0 radical (unpaired) electrons. The van der Waals surface area contributed by atoms with Crippen LogP contribution in [0.4, 0.5) is 5.82 Å². The van der Waals surface area contributed by atoms with E-state index >= 15 is 0 Å². The second kappa shape index (κ2) is 6.93. The van der Waals surface area contributed by atoms with Gasteiger partial charge < -0.3 is 5.32 Å². The molecular formula is C19H25N3. The standard InChI is InChI=1S/C19H25N3/c1-15-12-19(20-2)21-13-17(15)18-10-6-7-11-22(18)14-16-8-4-3-5-9-16/h3-5,8-9,12-13,18H,6-7,10-11,14H2,1-2H3,(H,20,21)/t18-/m0/s1. The summed E-state index contributed by atoms with van der Waals surface area (Å²) >= 11 is 0. The molecule has 0 bridgehead atoms. The summed E-state index contributed by atoms with van der Waals surface area (Å²) in [5.74, 6) is 0.951. The number of nitrogens with one attached hydrogen (secondary N) is 1. The first kappa shape index (κ1) is 15.0. The third kappa shape index (κ3) is 3.30. The highest BCUT2D eigenvalue weighted by molar-refractivity contribution is 5.41. The monoisotopic (exact) mass is 295 g/mol. The molecule has 1 saturated heterocycles. The molecule has 22 heavy (non-hydrogen) atoms. The molecule has 3 heteroatoms. The van der Waals surface area contributed by atoms with Gasteiger partial charge in [0.25, 0.3) is 0 Å². The number of likely N-dealkylation sites (tertiary alicyclic amines) is 1. The molecule has 0 spiro atoms. The molecular weight excluding hydrogens is 270 g/mol. The van der Waals surface area contributed by atoms with Crippen LogP contribution in [0.5, 0.6) is 0 Å². The van der Waals surface area contributed by atoms with Crippen molar-refractivity contribution in [2.24, 2.45) is 0 Å². The van der Waals surface area contributed by atoms with Crippen molar-refractivity contribution in [3.8, 4) is 0 Å². The molecule has 1 aromatic heterocycles. The Kier molecular flexibility index (Phi) is 4.74. The van der Waals surface area contributed by atoms with Gasteiger partial charge >= 0.3 is 0 Å². The molecule has 3 nitrogen and oxygen atoms in total. The highest BCUT2D eigenvalue weighted by Gasteiger charge is 2.25. The summed E-state index contributed by atoms with van der Waals surface area (Å²) in [6.45, 7) is 4.40. The SMILES string of the molecule is CNc1cc(C)c([C@@H]2CCCCN2Cc2ccccc2)cn1. The van der Waals surface area contributed by atoms with Crippen molar-refractivity contribution in [2.75, 3.05) is 18.9 Å². The van der Waals surface area contributed by atoms with Crippen LogP contribution >= 0.6 is 0 Å². The van der Waals surface area contributed by atoms with Gasteiger partial charge in [-0.1, -0.05) is 36.8 Å². The maximum absolute atomic E-state index is 4.54. The fourth-order valence-electron chi connectivity index (χ4n) is 3.40. The van der Waals surface area contributed by atoms with Gasteiger partial charge in [0.15, 0.2) is 0 Å². The molecule has 0 amide bonds. The van der Waals surface area contributed by atoms with E-state index in [1.54, 1.807) is 0 Å². The maximum Gasteiger partial charge on any atom is 0.125 e. The van der Waals surface area contributed by atoms with Gasteiger partial charge in [0.05, 0.1) is 0 Å². The molecule has 0 unspecified atom stereocenters. The Morgan fingerprint density at radius 3 is 2.77 bits per heavy atom. The number of benzene rings is 1. The molecule has 1 N–H and O–H groups in total. The van der Waals surface area contributed by atoms with Crippen LogP contribution in [-0.4, -0.2) is 23.5 Å². The number of piperidine rings is 1. The molecule has 116 valence electrons. The van der Waals surface area contributed by atoms with Crippen LogP contribution in [0.1, 0.15) is 42.0 Å². The van der Waals surface area contributed by atoms with Crippen molar-refractivity contribution in [3.63, 3.8) is 0 Å². The minimum Gasteiger partial charge on any atom is -0.373 e. The second-order valence-corrected chi connectivity index (χ2v) is 6.14. The van der Waals surface area contributed by atoms with Gasteiger partial charge in [-0.3, -0.25) is 4.90 Å². The quantitative estimate of drug-likeness (QED) is 0.918. The third-order valence-corrected chi connectivity index (χ3v) is 4.61. The zero-order valence-corrected chi connectivity index (χ0v) is 13.5. The van der Waals surface area contributed by atoms with Gasteiger partial charge in [-0.2, -0.15) is 0 Å². The van der Waals surface area contributed by atoms with E-state index in [4.69, 9.17) is 0 Å². The van der Waals surface area contributed by atoms with Crippen LogP contribution in [0.2, 0.25) is 0 Å². The zero-order valence-electron chi connectivity index (χ0n) is 13.5. The fourth-order valence-corrected chi connectivity index (χ4v) is 3.40. The Balaban J connectivity index is 1.83. The van der Waals surface area contributed by atoms with E-state index in [-0.39, 0.29) is 0 Å². The van der Waals surface area contributed by atoms with Gasteiger partial charge in [-0.15, -0.1) is 0 Å². The van der Waals surface area contributed by atoms with E-state index in [2.05, 4.69) is 64.7 Å². The molecule has 1 aromatic carbocycles. The van der Waals surface area contributed by atoms with Crippen molar-refractivity contribution < 1.29 is 0 Å². The molecule has 1 aliphatic heterocycles. The van der Waals surface area contributed by atoms with Crippen molar-refractivity contribution in [3.05, 3.63) is 59.3 Å². The summed E-state index contributed by atoms with van der Waals surface area (Å²) in [6.07, 6.45) is 5.90. The van der Waals surface area contributed by atoms with Crippen LogP contribution in [-0.2, 0) is 6.54 Å². The Hall–Kier alpha value is -1.87. The maximum atomic E-state index is 4.54. The highest BCUT2D eigenvalue weighted by atomic mass is 15.2. The summed E-state index contributed by atoms with van der Waals surface area (Å²) in [4.78, 5) is 7.15. The fraction of sp³-hybridized carbons (Fsp3) is 0.421. The number of aromatic nitrogens is 1. The summed E-state index contributed by atoms with van der Waals surface area (Å²) in [5, 5.41) is 3.12. The predicted octanol–water partition coefficient (Wildman–Crippen LogP) is 4.16. The largest absolute Gasteiger partial charge is 0.373 e. The minimum absolute atomic E-state index is 0.493. The van der Waals surface area contributed by atoms with Crippen LogP contribution in [0.15, 0.2) is 42.6 Å². The summed E-state index contributed by atoms with van der Waals surface area (Å²) < 4.78 is 0. The molecule has 0 aliphatic carbocycles. The van der Waals surface area contributed by atoms with Crippen molar-refractivity contribution in [2.45, 2.75) is 38.8 Å². The predicted molar refractivity (Wildman–Crippen MR) is 92.0 cm³/mol. The van der Waals surface area contributed by atoms with Gasteiger partial charge in [-0.25, -0.2) is 4.98 Å². The number of aryl methyl sites for hydroxylation is 1. The Morgan fingerprint density at radius 1 is 1.23 bits per heavy atom. The van der Waals surface area contributed by atoms with Gasteiger partial charge in [0.2, 0.25) is 0 Å². The number of hydrogen-bond donors (Lipinski definition) is 1. The molecule has 1 atom stereocenters. The Labute approximate surface area is 133 Å². The first-order chi connectivity index (χ1) is 10.8. The van der Waals surface area contributed by atoms with Crippen LogP contribution in [0.3, 0.4) is 0 Å². The van der Waals surface area contributed by atoms with Crippen molar-refractivity contribution >= 4 is 5.82 Å². The Morgan fingerprint density at radius 2 is 2.05 bits per heavy atom. The molecule has 1 fully saturated rings. The van der Waals surface area contributed by atoms with E-state index in [1.807, 2.05) is 7.05 Å². The van der Waals surface area contributed by atoms with Gasteiger partial charge in [0.1, 0.15) is 5.82 Å². The number of nitrogens with zero attached hydrogens (tertiary/aromatic N) is 2. The molecule has 3 rings (SSSR count). The lowest BCUT2D eigenvalue weighted by atomic mass is 9.93. The average molecular weight is 295 g/mol. The summed E-state index contributed by atoms with van der Waals surface area (Å²) in [6, 6.07) is 13.4. The van der Waals surface area contributed by atoms with E-state index < -0.39 is 0 Å². The van der Waals surface area contributed by atoms with Gasteiger partial charge in [-0.05, 0) is 49.1 Å². The normalized spacial score (nSPS) is 19.1. The first-order valence-electron chi connectivity index (χ1n) is 8.20. The van der Waals surface area contributed by atoms with Crippen LogP contribution in [0, 0.1) is 6.92 Å². The first-order valence-corrected chi connectivity index (χ1v) is 8.20. The average Bonchev–Trinajstić information content (AvgIpc) is 2.56. The van der Waals surface area contributed by atoms with Crippen LogP contribution < -0.4 is 5.32 Å². The lowest BCUT2D eigenvalue weighted by Gasteiger charge is -2.36. The van der Waals surface area contributed by atoms with E-state index in [0.717, 1.165) is 12.4 Å². The second-order valence-electron chi connectivity index (χ2n) is 6.14. The van der Waals surface area contributed by atoms with Crippen molar-refractivity contribution in [1.82, 2.24) is 9.88 Å². The molecule has 0 saturated carbocycles. The summed E-state index contributed by atoms with van der Waals surface area (Å²) in [7, 11) is 1.92. The van der Waals surface area contributed by atoms with Crippen molar-refractivity contribution in [1.29, 1.82) is 0 Å². The smallest absolute Gasteiger partial charge is 0.125 e. The lowest BCUT2D eigenvalue weighted by Crippen LogP contribution is -2.33. The third-order valence-electron chi connectivity index (χ3n) is 4.61. The molecule has 2 aromatic rings.